The number of carbonyl (C=O) groups excluding carboxylic acids is 2. The number of nitro groups is 1. The number of benzene rings is 2. The Kier molecular flexibility index (Phi) is 5.62. The topological polar surface area (TPSA) is 95.7 Å². The maximum atomic E-state index is 12.2. The van der Waals surface area contributed by atoms with Gasteiger partial charge in [0.15, 0.2) is 0 Å². The average Bonchev–Trinajstić information content (AvgIpc) is 2.65. The van der Waals surface area contributed by atoms with Crippen LogP contribution in [-0.4, -0.2) is 31.1 Å². The number of rotatable bonds is 5. The first-order valence-electron chi connectivity index (χ1n) is 7.20. The fourth-order valence-corrected chi connectivity index (χ4v) is 2.22. The molecule has 25 heavy (non-hydrogen) atoms. The molecule has 7 heteroatoms. The van der Waals surface area contributed by atoms with E-state index in [4.69, 9.17) is 9.47 Å². The number of nitrogens with zero attached hydrogens (tertiary/aromatic N) is 1. The third kappa shape index (κ3) is 4.08. The van der Waals surface area contributed by atoms with E-state index < -0.39 is 16.9 Å². The zero-order chi connectivity index (χ0) is 18.4. The Morgan fingerprint density at radius 2 is 1.56 bits per heavy atom. The zero-order valence-electron chi connectivity index (χ0n) is 13.6. The summed E-state index contributed by atoms with van der Waals surface area (Å²) in [6, 6.07) is 12.1. The van der Waals surface area contributed by atoms with Gasteiger partial charge in [0.1, 0.15) is 0 Å². The molecular weight excluding hydrogens is 326 g/mol. The average molecular weight is 341 g/mol. The van der Waals surface area contributed by atoms with Gasteiger partial charge >= 0.3 is 11.9 Å². The van der Waals surface area contributed by atoms with E-state index in [2.05, 4.69) is 0 Å². The third-order valence-electron chi connectivity index (χ3n) is 3.44. The normalized spacial score (nSPS) is 10.9. The summed E-state index contributed by atoms with van der Waals surface area (Å²) < 4.78 is 9.54. The lowest BCUT2D eigenvalue weighted by Gasteiger charge is -2.10. The Morgan fingerprint density at radius 1 is 0.960 bits per heavy atom. The summed E-state index contributed by atoms with van der Waals surface area (Å²) in [4.78, 5) is 34.4. The number of hydrogen-bond acceptors (Lipinski definition) is 6. The van der Waals surface area contributed by atoms with E-state index in [1.807, 2.05) is 0 Å². The van der Waals surface area contributed by atoms with Crippen molar-refractivity contribution in [2.75, 3.05) is 14.2 Å². The van der Waals surface area contributed by atoms with Crippen molar-refractivity contribution >= 4 is 29.3 Å². The molecule has 0 aliphatic carbocycles. The van der Waals surface area contributed by atoms with Crippen molar-refractivity contribution in [1.82, 2.24) is 0 Å². The van der Waals surface area contributed by atoms with Gasteiger partial charge in [-0.1, -0.05) is 18.2 Å². The first-order chi connectivity index (χ1) is 12.0. The van der Waals surface area contributed by atoms with Crippen molar-refractivity contribution in [3.8, 4) is 0 Å². The molecule has 0 aliphatic heterocycles. The van der Waals surface area contributed by atoms with E-state index >= 15 is 0 Å². The predicted molar refractivity (Wildman–Crippen MR) is 90.8 cm³/mol. The molecule has 0 aliphatic rings. The molecular formula is C18H15NO6. The highest BCUT2D eigenvalue weighted by Crippen LogP contribution is 2.25. The molecule has 128 valence electrons. The van der Waals surface area contributed by atoms with E-state index in [9.17, 15) is 19.7 Å². The summed E-state index contributed by atoms with van der Waals surface area (Å²) in [5, 5.41) is 10.7. The Balaban J connectivity index is 2.56. The highest BCUT2D eigenvalue weighted by molar-refractivity contribution is 6.23. The standard InChI is InChI=1S/C18H15NO6/c1-24-17(20)15-6-4-3-5-14(15)16(18(21)25-2)11-12-7-9-13(10-8-12)19(22)23/h3-11H,1-2H3/b16-11+. The molecule has 0 saturated heterocycles. The van der Waals surface area contributed by atoms with E-state index in [1.165, 1.54) is 50.6 Å². The maximum Gasteiger partial charge on any atom is 0.338 e. The van der Waals surface area contributed by atoms with Crippen LogP contribution in [0.15, 0.2) is 48.5 Å². The summed E-state index contributed by atoms with van der Waals surface area (Å²) in [5.74, 6) is -1.23. The SMILES string of the molecule is COC(=O)/C(=C/c1ccc([N+](=O)[O-])cc1)c1ccccc1C(=O)OC. The van der Waals surface area contributed by atoms with Crippen LogP contribution in [0.1, 0.15) is 21.5 Å². The van der Waals surface area contributed by atoms with Gasteiger partial charge in [-0.2, -0.15) is 0 Å². The van der Waals surface area contributed by atoms with Gasteiger partial charge in [-0.25, -0.2) is 9.59 Å². The van der Waals surface area contributed by atoms with Crippen LogP contribution in [-0.2, 0) is 14.3 Å². The van der Waals surface area contributed by atoms with Crippen molar-refractivity contribution in [1.29, 1.82) is 0 Å². The van der Waals surface area contributed by atoms with Gasteiger partial charge in [0.05, 0.1) is 30.3 Å². The van der Waals surface area contributed by atoms with Crippen LogP contribution in [0.25, 0.3) is 11.6 Å². The van der Waals surface area contributed by atoms with Gasteiger partial charge in [-0.15, -0.1) is 0 Å². The lowest BCUT2D eigenvalue weighted by Crippen LogP contribution is -2.10. The van der Waals surface area contributed by atoms with Gasteiger partial charge in [-0.3, -0.25) is 10.1 Å². The minimum absolute atomic E-state index is 0.0632. The second-order valence-corrected chi connectivity index (χ2v) is 4.94. The molecule has 0 radical (unpaired) electrons. The minimum Gasteiger partial charge on any atom is -0.465 e. The number of carbonyl (C=O) groups is 2. The van der Waals surface area contributed by atoms with Crippen LogP contribution in [0.5, 0.6) is 0 Å². The molecule has 7 nitrogen and oxygen atoms in total. The Labute approximate surface area is 143 Å². The van der Waals surface area contributed by atoms with Crippen LogP contribution in [0.4, 0.5) is 5.69 Å². The van der Waals surface area contributed by atoms with Gasteiger partial charge < -0.3 is 9.47 Å². The lowest BCUT2D eigenvalue weighted by atomic mass is 9.97. The highest BCUT2D eigenvalue weighted by atomic mass is 16.6. The lowest BCUT2D eigenvalue weighted by molar-refractivity contribution is -0.384. The second kappa shape index (κ2) is 7.87. The summed E-state index contributed by atoms with van der Waals surface area (Å²) in [7, 11) is 2.48. The molecule has 0 amide bonds. The smallest absolute Gasteiger partial charge is 0.338 e. The summed E-state index contributed by atoms with van der Waals surface area (Å²) in [5.41, 5.74) is 1.18. The van der Waals surface area contributed by atoms with Crippen molar-refractivity contribution in [2.45, 2.75) is 0 Å². The number of ether oxygens (including phenoxy) is 2. The molecule has 0 fully saturated rings. The molecule has 0 saturated carbocycles. The van der Waals surface area contributed by atoms with Crippen LogP contribution in [0.3, 0.4) is 0 Å². The Bertz CT molecular complexity index is 839. The fourth-order valence-electron chi connectivity index (χ4n) is 2.22. The van der Waals surface area contributed by atoms with Gasteiger partial charge in [0, 0.05) is 17.7 Å². The van der Waals surface area contributed by atoms with Crippen molar-refractivity contribution < 1.29 is 24.0 Å². The molecule has 2 aromatic rings. The summed E-state index contributed by atoms with van der Waals surface area (Å²) in [6.07, 6.45) is 1.50. The Morgan fingerprint density at radius 3 is 2.08 bits per heavy atom. The second-order valence-electron chi connectivity index (χ2n) is 4.94. The van der Waals surface area contributed by atoms with Crippen LogP contribution in [0.2, 0.25) is 0 Å². The van der Waals surface area contributed by atoms with E-state index in [-0.39, 0.29) is 16.8 Å². The van der Waals surface area contributed by atoms with Crippen LogP contribution in [0, 0.1) is 10.1 Å². The molecule has 2 aromatic carbocycles. The number of hydrogen-bond donors (Lipinski definition) is 0. The Hall–Kier alpha value is -3.48. The number of esters is 2. The van der Waals surface area contributed by atoms with Crippen molar-refractivity contribution in [2.24, 2.45) is 0 Å². The molecule has 0 spiro atoms. The quantitative estimate of drug-likeness (QED) is 0.273. The fraction of sp³-hybridized carbons (Fsp3) is 0.111. The third-order valence-corrected chi connectivity index (χ3v) is 3.44. The van der Waals surface area contributed by atoms with Crippen molar-refractivity contribution in [3.63, 3.8) is 0 Å². The summed E-state index contributed by atoms with van der Waals surface area (Å²) in [6.45, 7) is 0. The maximum absolute atomic E-state index is 12.2. The number of nitro benzene ring substituents is 1. The first kappa shape index (κ1) is 17.9. The van der Waals surface area contributed by atoms with E-state index in [0.717, 1.165) is 0 Å². The van der Waals surface area contributed by atoms with Gasteiger partial charge in [0.2, 0.25) is 0 Å². The summed E-state index contributed by atoms with van der Waals surface area (Å²) >= 11 is 0. The van der Waals surface area contributed by atoms with Gasteiger partial charge in [-0.05, 0) is 29.8 Å². The van der Waals surface area contributed by atoms with Crippen LogP contribution >= 0.6 is 0 Å². The molecule has 0 aromatic heterocycles. The molecule has 0 N–H and O–H groups in total. The predicted octanol–water partition coefficient (Wildman–Crippen LogP) is 3.10. The van der Waals surface area contributed by atoms with E-state index in [0.29, 0.717) is 11.1 Å². The highest BCUT2D eigenvalue weighted by Gasteiger charge is 2.20. The van der Waals surface area contributed by atoms with Crippen molar-refractivity contribution in [3.05, 3.63) is 75.3 Å². The molecule has 0 bridgehead atoms. The minimum atomic E-state index is -0.644. The monoisotopic (exact) mass is 341 g/mol. The molecule has 0 atom stereocenters. The first-order valence-corrected chi connectivity index (χ1v) is 7.20. The molecule has 0 unspecified atom stereocenters. The largest absolute Gasteiger partial charge is 0.465 e. The number of methoxy groups -OCH3 is 2. The van der Waals surface area contributed by atoms with Gasteiger partial charge in [0.25, 0.3) is 5.69 Å². The van der Waals surface area contributed by atoms with E-state index in [1.54, 1.807) is 18.2 Å². The number of non-ortho nitro benzene ring substituents is 1. The zero-order valence-corrected chi connectivity index (χ0v) is 13.6. The van der Waals surface area contributed by atoms with Crippen LogP contribution < -0.4 is 0 Å². The molecule has 2 rings (SSSR count). The molecule has 0 heterocycles.